The summed E-state index contributed by atoms with van der Waals surface area (Å²) in [5.74, 6) is 0.619. The van der Waals surface area contributed by atoms with Crippen LogP contribution in [0.4, 0.5) is 0 Å². The van der Waals surface area contributed by atoms with Gasteiger partial charge in [-0.05, 0) is 41.4 Å². The van der Waals surface area contributed by atoms with Gasteiger partial charge >= 0.3 is 0 Å². The molecule has 138 valence electrons. The monoisotopic (exact) mass is 355 g/mol. The van der Waals surface area contributed by atoms with E-state index in [0.717, 1.165) is 11.1 Å². The summed E-state index contributed by atoms with van der Waals surface area (Å²) in [6.07, 6.45) is 0. The number of benzene rings is 1. The van der Waals surface area contributed by atoms with Crippen LogP contribution in [0.15, 0.2) is 17.0 Å². The van der Waals surface area contributed by atoms with Crippen LogP contribution in [-0.4, -0.2) is 28.2 Å². The maximum Gasteiger partial charge on any atom is 0.241 e. The zero-order chi connectivity index (χ0) is 18.7. The Balaban J connectivity index is 3.59. The summed E-state index contributed by atoms with van der Waals surface area (Å²) in [4.78, 5) is 0.444. The SMILES string of the molecule is COCC(C)NS(=O)(=O)c1c(C(C)C)cc(C(C)C)cc1C(C)C. The van der Waals surface area contributed by atoms with Crippen LogP contribution < -0.4 is 4.72 Å². The first-order chi connectivity index (χ1) is 11.0. The van der Waals surface area contributed by atoms with Gasteiger partial charge in [0.05, 0.1) is 11.5 Å². The molecule has 0 bridgehead atoms. The van der Waals surface area contributed by atoms with E-state index in [-0.39, 0.29) is 17.9 Å². The molecule has 0 fully saturated rings. The van der Waals surface area contributed by atoms with Crippen molar-refractivity contribution in [2.75, 3.05) is 13.7 Å². The van der Waals surface area contributed by atoms with Crippen LogP contribution in [0.25, 0.3) is 0 Å². The molecule has 0 saturated carbocycles. The van der Waals surface area contributed by atoms with Gasteiger partial charge in [0.25, 0.3) is 0 Å². The Morgan fingerprint density at radius 1 is 0.917 bits per heavy atom. The van der Waals surface area contributed by atoms with Gasteiger partial charge in [0, 0.05) is 13.2 Å². The zero-order valence-electron chi connectivity index (χ0n) is 16.3. The van der Waals surface area contributed by atoms with E-state index in [9.17, 15) is 8.42 Å². The molecule has 0 aromatic heterocycles. The molecule has 1 rings (SSSR count). The molecule has 0 heterocycles. The molecule has 4 nitrogen and oxygen atoms in total. The molecular formula is C19H33NO3S. The lowest BCUT2D eigenvalue weighted by atomic mass is 9.89. The average molecular weight is 356 g/mol. The average Bonchev–Trinajstić information content (AvgIpc) is 2.45. The second-order valence-electron chi connectivity index (χ2n) is 7.47. The molecule has 24 heavy (non-hydrogen) atoms. The minimum atomic E-state index is -3.61. The normalized spacial score (nSPS) is 14.0. The van der Waals surface area contributed by atoms with Crippen LogP contribution in [0, 0.1) is 0 Å². The van der Waals surface area contributed by atoms with Crippen LogP contribution in [0.1, 0.15) is 82.9 Å². The summed E-state index contributed by atoms with van der Waals surface area (Å²) in [6, 6.07) is 3.83. The molecule has 1 aromatic carbocycles. The minimum absolute atomic E-state index is 0.130. The Kier molecular flexibility index (Phi) is 7.44. The van der Waals surface area contributed by atoms with Crippen molar-refractivity contribution in [3.05, 3.63) is 28.8 Å². The van der Waals surface area contributed by atoms with Crippen molar-refractivity contribution < 1.29 is 13.2 Å². The van der Waals surface area contributed by atoms with Gasteiger partial charge in [-0.1, -0.05) is 53.7 Å². The molecule has 0 saturated heterocycles. The van der Waals surface area contributed by atoms with E-state index < -0.39 is 10.0 Å². The van der Waals surface area contributed by atoms with Gasteiger partial charge in [0.1, 0.15) is 0 Å². The summed E-state index contributed by atoms with van der Waals surface area (Å²) in [7, 11) is -2.03. The summed E-state index contributed by atoms with van der Waals surface area (Å²) < 4.78 is 34.0. The number of rotatable bonds is 8. The highest BCUT2D eigenvalue weighted by Crippen LogP contribution is 2.35. The molecule has 1 N–H and O–H groups in total. The second kappa shape index (κ2) is 8.45. The number of hydrogen-bond acceptors (Lipinski definition) is 3. The van der Waals surface area contributed by atoms with Crippen molar-refractivity contribution in [1.29, 1.82) is 0 Å². The highest BCUT2D eigenvalue weighted by Gasteiger charge is 2.27. The van der Waals surface area contributed by atoms with Crippen molar-refractivity contribution >= 4 is 10.0 Å². The van der Waals surface area contributed by atoms with Gasteiger partial charge in [-0.2, -0.15) is 0 Å². The quantitative estimate of drug-likeness (QED) is 0.753. The van der Waals surface area contributed by atoms with Crippen LogP contribution in [-0.2, 0) is 14.8 Å². The van der Waals surface area contributed by atoms with Gasteiger partial charge in [0.2, 0.25) is 10.0 Å². The van der Waals surface area contributed by atoms with Crippen LogP contribution in [0.3, 0.4) is 0 Å². The fourth-order valence-electron chi connectivity index (χ4n) is 2.81. The molecule has 0 amide bonds. The van der Waals surface area contributed by atoms with E-state index in [1.807, 2.05) is 34.6 Å². The van der Waals surface area contributed by atoms with E-state index in [1.54, 1.807) is 7.11 Å². The Labute approximate surface area is 148 Å². The maximum atomic E-state index is 13.1. The Bertz CT molecular complexity index is 620. The van der Waals surface area contributed by atoms with Crippen LogP contribution in [0.5, 0.6) is 0 Å². The Morgan fingerprint density at radius 3 is 1.71 bits per heavy atom. The van der Waals surface area contributed by atoms with Crippen molar-refractivity contribution in [2.45, 2.75) is 77.2 Å². The lowest BCUT2D eigenvalue weighted by molar-refractivity contribution is 0.180. The highest BCUT2D eigenvalue weighted by atomic mass is 32.2. The fraction of sp³-hybridized carbons (Fsp3) is 0.684. The lowest BCUT2D eigenvalue weighted by Gasteiger charge is -2.24. The summed E-state index contributed by atoms with van der Waals surface area (Å²) in [5.41, 5.74) is 2.97. The predicted octanol–water partition coefficient (Wildman–Crippen LogP) is 4.37. The van der Waals surface area contributed by atoms with E-state index in [1.165, 1.54) is 5.56 Å². The molecule has 5 heteroatoms. The van der Waals surface area contributed by atoms with Crippen molar-refractivity contribution in [2.24, 2.45) is 0 Å². The van der Waals surface area contributed by atoms with E-state index in [0.29, 0.717) is 17.4 Å². The highest BCUT2D eigenvalue weighted by molar-refractivity contribution is 7.89. The molecule has 0 radical (unpaired) electrons. The topological polar surface area (TPSA) is 55.4 Å². The summed E-state index contributed by atoms with van der Waals surface area (Å²) in [5, 5.41) is 0. The van der Waals surface area contributed by atoms with E-state index in [2.05, 4.69) is 30.7 Å². The standard InChI is InChI=1S/C19H33NO3S/c1-12(2)16-9-17(13(3)4)19(18(10-16)14(5)6)24(21,22)20-15(7)11-23-8/h9-10,12-15,20H,11H2,1-8H3. The fourth-order valence-corrected chi connectivity index (χ4v) is 4.73. The van der Waals surface area contributed by atoms with E-state index >= 15 is 0 Å². The van der Waals surface area contributed by atoms with Gasteiger partial charge in [-0.15, -0.1) is 0 Å². The second-order valence-corrected chi connectivity index (χ2v) is 9.12. The molecule has 0 aliphatic carbocycles. The van der Waals surface area contributed by atoms with Gasteiger partial charge in [-0.25, -0.2) is 13.1 Å². The number of hydrogen-bond donors (Lipinski definition) is 1. The minimum Gasteiger partial charge on any atom is -0.383 e. The maximum absolute atomic E-state index is 13.1. The lowest BCUT2D eigenvalue weighted by Crippen LogP contribution is -2.36. The summed E-state index contributed by atoms with van der Waals surface area (Å²) in [6.45, 7) is 14.6. The van der Waals surface area contributed by atoms with Gasteiger partial charge in [-0.3, -0.25) is 0 Å². The first kappa shape index (κ1) is 21.1. The molecule has 1 atom stereocenters. The predicted molar refractivity (Wildman–Crippen MR) is 100 cm³/mol. The molecule has 0 spiro atoms. The van der Waals surface area contributed by atoms with Crippen molar-refractivity contribution in [3.8, 4) is 0 Å². The van der Waals surface area contributed by atoms with Crippen molar-refractivity contribution in [1.82, 2.24) is 4.72 Å². The third kappa shape index (κ3) is 5.04. The van der Waals surface area contributed by atoms with Gasteiger partial charge in [0.15, 0.2) is 0 Å². The molecule has 1 unspecified atom stereocenters. The number of sulfonamides is 1. The molecule has 1 aromatic rings. The van der Waals surface area contributed by atoms with Crippen LogP contribution in [0.2, 0.25) is 0 Å². The van der Waals surface area contributed by atoms with E-state index in [4.69, 9.17) is 4.74 Å². The third-order valence-electron chi connectivity index (χ3n) is 4.12. The molecular weight excluding hydrogens is 322 g/mol. The summed E-state index contributed by atoms with van der Waals surface area (Å²) >= 11 is 0. The van der Waals surface area contributed by atoms with Crippen LogP contribution >= 0.6 is 0 Å². The zero-order valence-corrected chi connectivity index (χ0v) is 17.1. The Morgan fingerprint density at radius 2 is 1.38 bits per heavy atom. The smallest absolute Gasteiger partial charge is 0.241 e. The number of methoxy groups -OCH3 is 1. The Hall–Kier alpha value is -0.910. The largest absolute Gasteiger partial charge is 0.383 e. The van der Waals surface area contributed by atoms with Crippen molar-refractivity contribution in [3.63, 3.8) is 0 Å². The first-order valence-corrected chi connectivity index (χ1v) is 10.2. The molecule has 0 aliphatic rings. The first-order valence-electron chi connectivity index (χ1n) is 8.70. The third-order valence-corrected chi connectivity index (χ3v) is 5.84. The number of ether oxygens (including phenoxy) is 1. The molecule has 0 aliphatic heterocycles. The van der Waals surface area contributed by atoms with Gasteiger partial charge < -0.3 is 4.74 Å². The number of nitrogens with one attached hydrogen (secondary N) is 1.